The lowest BCUT2D eigenvalue weighted by Gasteiger charge is -2.45. The smallest absolute Gasteiger partial charge is 0.262 e. The lowest BCUT2D eigenvalue weighted by molar-refractivity contribution is 0.0159. The molecule has 2 saturated heterocycles. The Morgan fingerprint density at radius 1 is 0.622 bits per heavy atom. The molecule has 2 aromatic heterocycles. The van der Waals surface area contributed by atoms with E-state index in [9.17, 15) is 9.59 Å². The number of hydrogen-bond donors (Lipinski definition) is 0. The van der Waals surface area contributed by atoms with Crippen LogP contribution in [0.2, 0.25) is 0 Å². The van der Waals surface area contributed by atoms with Gasteiger partial charge in [0.2, 0.25) is 0 Å². The average molecular weight is 498 g/mol. The van der Waals surface area contributed by atoms with Crippen LogP contribution in [0.1, 0.15) is 20.7 Å². The first-order valence-corrected chi connectivity index (χ1v) is 12.9. The van der Waals surface area contributed by atoms with Crippen molar-refractivity contribution >= 4 is 23.2 Å². The third-order valence-corrected chi connectivity index (χ3v) is 7.71. The Morgan fingerprint density at radius 2 is 1.08 bits per heavy atom. The number of anilines is 2. The molecule has 0 spiro atoms. The van der Waals surface area contributed by atoms with Crippen LogP contribution < -0.4 is 9.80 Å². The Morgan fingerprint density at radius 3 is 1.57 bits per heavy atom. The highest BCUT2D eigenvalue weighted by Crippen LogP contribution is 2.28. The number of amides is 2. The van der Waals surface area contributed by atoms with Gasteiger partial charge >= 0.3 is 0 Å². The first-order valence-electron chi connectivity index (χ1n) is 12.9. The topological polar surface area (TPSA) is 76.1 Å². The standard InChI is InChI=1S/C28H31N7O2/c36-27-24-3-1-2-4-25(24)28(37)35(27)26(34-19-17-33(18-20-34)23-7-11-30-12-8-23)21-31-13-15-32(16-14-31)22-5-9-29-10-6-22/h1-12,26H,13-21H2. The highest BCUT2D eigenvalue weighted by atomic mass is 16.2. The zero-order valence-corrected chi connectivity index (χ0v) is 20.8. The Kier molecular flexibility index (Phi) is 6.55. The van der Waals surface area contributed by atoms with Crippen molar-refractivity contribution in [1.82, 2.24) is 24.7 Å². The Bertz CT molecular complexity index is 1200. The zero-order valence-electron chi connectivity index (χ0n) is 20.8. The van der Waals surface area contributed by atoms with Crippen molar-refractivity contribution in [2.45, 2.75) is 6.17 Å². The van der Waals surface area contributed by atoms with E-state index in [-0.39, 0.29) is 18.0 Å². The minimum atomic E-state index is -0.306. The van der Waals surface area contributed by atoms with Gasteiger partial charge in [-0.3, -0.25) is 34.3 Å². The van der Waals surface area contributed by atoms with Crippen molar-refractivity contribution in [3.8, 4) is 0 Å². The number of imide groups is 1. The number of pyridine rings is 2. The maximum atomic E-state index is 13.5. The van der Waals surface area contributed by atoms with Gasteiger partial charge in [-0.2, -0.15) is 0 Å². The summed E-state index contributed by atoms with van der Waals surface area (Å²) in [6, 6.07) is 15.3. The highest BCUT2D eigenvalue weighted by Gasteiger charge is 2.43. The van der Waals surface area contributed by atoms with E-state index in [0.717, 1.165) is 58.0 Å². The van der Waals surface area contributed by atoms with Crippen LogP contribution in [0.5, 0.6) is 0 Å². The van der Waals surface area contributed by atoms with Gasteiger partial charge in [-0.1, -0.05) is 12.1 Å². The third kappa shape index (κ3) is 4.68. The van der Waals surface area contributed by atoms with Gasteiger partial charge in [0.25, 0.3) is 11.8 Å². The molecule has 5 heterocycles. The van der Waals surface area contributed by atoms with Gasteiger partial charge in [0, 0.05) is 95.1 Å². The molecule has 0 aliphatic carbocycles. The Balaban J connectivity index is 1.19. The molecular formula is C28H31N7O2. The molecule has 2 fully saturated rings. The molecule has 3 aliphatic heterocycles. The van der Waals surface area contributed by atoms with Crippen LogP contribution in [0.15, 0.2) is 73.3 Å². The summed E-state index contributed by atoms with van der Waals surface area (Å²) in [5, 5.41) is 0. The molecule has 2 amide bonds. The molecule has 1 unspecified atom stereocenters. The van der Waals surface area contributed by atoms with Gasteiger partial charge in [-0.15, -0.1) is 0 Å². The van der Waals surface area contributed by atoms with Crippen molar-refractivity contribution in [1.29, 1.82) is 0 Å². The molecule has 3 aliphatic rings. The second-order valence-corrected chi connectivity index (χ2v) is 9.73. The first kappa shape index (κ1) is 23.6. The molecule has 0 N–H and O–H groups in total. The number of rotatable bonds is 6. The van der Waals surface area contributed by atoms with Crippen LogP contribution in [0.4, 0.5) is 11.4 Å². The number of fused-ring (bicyclic) bond motifs is 1. The summed E-state index contributed by atoms with van der Waals surface area (Å²) in [5.41, 5.74) is 3.35. The fourth-order valence-electron chi connectivity index (χ4n) is 5.65. The van der Waals surface area contributed by atoms with E-state index in [4.69, 9.17) is 0 Å². The normalized spacial score (nSPS) is 19.8. The van der Waals surface area contributed by atoms with Crippen LogP contribution in [0.25, 0.3) is 0 Å². The molecule has 0 radical (unpaired) electrons. The van der Waals surface area contributed by atoms with E-state index in [1.54, 1.807) is 12.1 Å². The van der Waals surface area contributed by atoms with Crippen molar-refractivity contribution in [3.63, 3.8) is 0 Å². The molecular weight excluding hydrogens is 466 g/mol. The number of piperazine rings is 2. The van der Waals surface area contributed by atoms with E-state index in [0.29, 0.717) is 17.7 Å². The number of hydrogen-bond acceptors (Lipinski definition) is 8. The molecule has 1 aromatic carbocycles. The highest BCUT2D eigenvalue weighted by molar-refractivity contribution is 6.21. The minimum Gasteiger partial charge on any atom is -0.369 e. The molecule has 9 nitrogen and oxygen atoms in total. The van der Waals surface area contributed by atoms with Crippen LogP contribution in [0.3, 0.4) is 0 Å². The van der Waals surface area contributed by atoms with Crippen LogP contribution in [-0.4, -0.2) is 102 Å². The van der Waals surface area contributed by atoms with E-state index in [1.807, 2.05) is 61.2 Å². The van der Waals surface area contributed by atoms with Gasteiger partial charge in [0.15, 0.2) is 0 Å². The second kappa shape index (κ2) is 10.3. The SMILES string of the molecule is O=C1c2ccccc2C(=O)N1C(CN1CCN(c2ccncc2)CC1)N1CCN(c2ccncc2)CC1. The number of aromatic nitrogens is 2. The summed E-state index contributed by atoms with van der Waals surface area (Å²) in [7, 11) is 0. The fourth-order valence-corrected chi connectivity index (χ4v) is 5.65. The summed E-state index contributed by atoms with van der Waals surface area (Å²) >= 11 is 0. The van der Waals surface area contributed by atoms with Crippen molar-refractivity contribution in [2.24, 2.45) is 0 Å². The van der Waals surface area contributed by atoms with Crippen molar-refractivity contribution in [3.05, 3.63) is 84.4 Å². The van der Waals surface area contributed by atoms with Gasteiger partial charge < -0.3 is 9.80 Å². The van der Waals surface area contributed by atoms with Gasteiger partial charge in [-0.25, -0.2) is 0 Å². The van der Waals surface area contributed by atoms with Crippen LogP contribution >= 0.6 is 0 Å². The minimum absolute atomic E-state index is 0.183. The average Bonchev–Trinajstić information content (AvgIpc) is 3.22. The monoisotopic (exact) mass is 497 g/mol. The summed E-state index contributed by atoms with van der Waals surface area (Å²) < 4.78 is 0. The molecule has 190 valence electrons. The van der Waals surface area contributed by atoms with Crippen molar-refractivity contribution in [2.75, 3.05) is 68.7 Å². The summed E-state index contributed by atoms with van der Waals surface area (Å²) in [5.74, 6) is -0.366. The van der Waals surface area contributed by atoms with E-state index >= 15 is 0 Å². The maximum absolute atomic E-state index is 13.5. The van der Waals surface area contributed by atoms with Crippen LogP contribution in [-0.2, 0) is 0 Å². The predicted octanol–water partition coefficient (Wildman–Crippen LogP) is 2.04. The third-order valence-electron chi connectivity index (χ3n) is 7.71. The number of benzene rings is 1. The van der Waals surface area contributed by atoms with E-state index < -0.39 is 0 Å². The molecule has 6 rings (SSSR count). The van der Waals surface area contributed by atoms with Crippen molar-refractivity contribution < 1.29 is 9.59 Å². The molecule has 37 heavy (non-hydrogen) atoms. The predicted molar refractivity (Wildman–Crippen MR) is 142 cm³/mol. The summed E-state index contributed by atoms with van der Waals surface area (Å²) in [6.45, 7) is 7.40. The maximum Gasteiger partial charge on any atom is 0.262 e. The molecule has 0 bridgehead atoms. The number of nitrogens with zero attached hydrogens (tertiary/aromatic N) is 7. The number of carbonyl (C=O) groups is 2. The largest absolute Gasteiger partial charge is 0.369 e. The lowest BCUT2D eigenvalue weighted by atomic mass is 10.1. The Hall–Kier alpha value is -3.82. The van der Waals surface area contributed by atoms with Gasteiger partial charge in [-0.05, 0) is 36.4 Å². The molecule has 3 aromatic rings. The van der Waals surface area contributed by atoms with Crippen LogP contribution in [0, 0.1) is 0 Å². The van der Waals surface area contributed by atoms with Gasteiger partial charge in [0.05, 0.1) is 11.1 Å². The molecule has 1 atom stereocenters. The van der Waals surface area contributed by atoms with E-state index in [1.165, 1.54) is 10.6 Å². The molecule has 0 saturated carbocycles. The first-order chi connectivity index (χ1) is 18.2. The quantitative estimate of drug-likeness (QED) is 0.479. The summed E-state index contributed by atoms with van der Waals surface area (Å²) in [4.78, 5) is 46.1. The number of carbonyl (C=O) groups excluding carboxylic acids is 2. The Labute approximate surface area is 216 Å². The summed E-state index contributed by atoms with van der Waals surface area (Å²) in [6.07, 6.45) is 6.97. The second-order valence-electron chi connectivity index (χ2n) is 9.73. The van der Waals surface area contributed by atoms with Gasteiger partial charge in [0.1, 0.15) is 6.17 Å². The lowest BCUT2D eigenvalue weighted by Crippen LogP contribution is -2.62. The van der Waals surface area contributed by atoms with E-state index in [2.05, 4.69) is 29.6 Å². The zero-order chi connectivity index (χ0) is 25.2. The molecule has 9 heteroatoms. The fraction of sp³-hybridized carbons (Fsp3) is 0.357.